The lowest BCUT2D eigenvalue weighted by atomic mass is 9.85. The summed E-state index contributed by atoms with van der Waals surface area (Å²) in [5, 5.41) is 6.89. The highest BCUT2D eigenvalue weighted by atomic mass is 16.2. The first-order valence-corrected chi connectivity index (χ1v) is 9.87. The molecule has 4 rings (SSSR count). The summed E-state index contributed by atoms with van der Waals surface area (Å²) in [5.74, 6) is -0.527. The minimum absolute atomic E-state index is 0.114. The van der Waals surface area contributed by atoms with Crippen molar-refractivity contribution >= 4 is 34.1 Å². The van der Waals surface area contributed by atoms with Crippen LogP contribution in [0.25, 0.3) is 10.9 Å². The SMILES string of the molecule is CC(C)(C)c1ccccc1NC(=O)C1(C(=O)Nc2cccc3cccnc23)CC1. The highest BCUT2D eigenvalue weighted by Crippen LogP contribution is 2.48. The number of carbonyl (C=O) groups excluding carboxylic acids is 2. The number of nitrogens with zero attached hydrogens (tertiary/aromatic N) is 1. The molecule has 1 aliphatic rings. The monoisotopic (exact) mass is 387 g/mol. The summed E-state index contributed by atoms with van der Waals surface area (Å²) in [5.41, 5.74) is 2.01. The minimum Gasteiger partial charge on any atom is -0.325 e. The summed E-state index contributed by atoms with van der Waals surface area (Å²) in [6.07, 6.45) is 2.78. The fourth-order valence-electron chi connectivity index (χ4n) is 3.62. The van der Waals surface area contributed by atoms with Gasteiger partial charge >= 0.3 is 0 Å². The Morgan fingerprint density at radius 3 is 2.17 bits per heavy atom. The first-order chi connectivity index (χ1) is 13.8. The zero-order valence-electron chi connectivity index (χ0n) is 17.0. The average Bonchev–Trinajstić information content (AvgIpc) is 3.50. The van der Waals surface area contributed by atoms with E-state index in [0.717, 1.165) is 22.2 Å². The van der Waals surface area contributed by atoms with Crippen molar-refractivity contribution in [3.8, 4) is 0 Å². The maximum absolute atomic E-state index is 13.1. The van der Waals surface area contributed by atoms with Crippen LogP contribution in [0.4, 0.5) is 11.4 Å². The molecule has 3 aromatic rings. The van der Waals surface area contributed by atoms with E-state index in [2.05, 4.69) is 36.4 Å². The van der Waals surface area contributed by atoms with Crippen molar-refractivity contribution in [1.82, 2.24) is 4.98 Å². The normalized spacial score (nSPS) is 15.0. The van der Waals surface area contributed by atoms with Gasteiger partial charge in [-0.1, -0.05) is 57.2 Å². The Kier molecular flexibility index (Phi) is 4.61. The molecule has 0 aliphatic heterocycles. The number of aromatic nitrogens is 1. The van der Waals surface area contributed by atoms with Gasteiger partial charge in [0.2, 0.25) is 11.8 Å². The van der Waals surface area contributed by atoms with Crippen molar-refractivity contribution in [2.75, 3.05) is 10.6 Å². The standard InChI is InChI=1S/C24H25N3O2/c1-23(2,3)17-10-4-5-11-18(17)26-21(28)24(13-14-24)22(29)27-19-12-6-8-16-9-7-15-25-20(16)19/h4-12,15H,13-14H2,1-3H3,(H,26,28)(H,27,29). The van der Waals surface area contributed by atoms with Gasteiger partial charge in [-0.05, 0) is 42.0 Å². The predicted octanol–water partition coefficient (Wildman–Crippen LogP) is 4.89. The second-order valence-corrected chi connectivity index (χ2v) is 8.67. The molecule has 29 heavy (non-hydrogen) atoms. The van der Waals surface area contributed by atoms with Crippen LogP contribution < -0.4 is 10.6 Å². The molecule has 1 aromatic heterocycles. The van der Waals surface area contributed by atoms with Gasteiger partial charge in [-0.3, -0.25) is 14.6 Å². The number of para-hydroxylation sites is 2. The van der Waals surface area contributed by atoms with Crippen LogP contribution in [0, 0.1) is 5.41 Å². The first-order valence-electron chi connectivity index (χ1n) is 9.87. The summed E-state index contributed by atoms with van der Waals surface area (Å²) in [4.78, 5) is 30.5. The van der Waals surface area contributed by atoms with E-state index in [4.69, 9.17) is 0 Å². The van der Waals surface area contributed by atoms with Crippen LogP contribution in [0.15, 0.2) is 60.8 Å². The Hall–Kier alpha value is -3.21. The van der Waals surface area contributed by atoms with Gasteiger partial charge in [0.25, 0.3) is 0 Å². The topological polar surface area (TPSA) is 71.1 Å². The number of hydrogen-bond acceptors (Lipinski definition) is 3. The molecule has 0 spiro atoms. The summed E-state index contributed by atoms with van der Waals surface area (Å²) in [7, 11) is 0. The Balaban J connectivity index is 1.56. The average molecular weight is 387 g/mol. The molecule has 0 saturated heterocycles. The molecule has 1 heterocycles. The third kappa shape index (κ3) is 3.60. The number of anilines is 2. The van der Waals surface area contributed by atoms with Gasteiger partial charge in [-0.15, -0.1) is 0 Å². The molecule has 2 aromatic carbocycles. The van der Waals surface area contributed by atoms with Gasteiger partial charge in [-0.25, -0.2) is 0 Å². The van der Waals surface area contributed by atoms with Gasteiger partial charge in [0, 0.05) is 17.3 Å². The third-order valence-electron chi connectivity index (χ3n) is 5.48. The molecular formula is C24H25N3O2. The van der Waals surface area contributed by atoms with Gasteiger partial charge in [0.05, 0.1) is 11.2 Å². The summed E-state index contributed by atoms with van der Waals surface area (Å²) >= 11 is 0. The molecule has 0 bridgehead atoms. The van der Waals surface area contributed by atoms with E-state index in [0.29, 0.717) is 18.5 Å². The molecule has 2 amide bonds. The molecule has 5 nitrogen and oxygen atoms in total. The lowest BCUT2D eigenvalue weighted by Gasteiger charge is -2.24. The first kappa shape index (κ1) is 19.1. The Morgan fingerprint density at radius 2 is 1.48 bits per heavy atom. The molecule has 1 fully saturated rings. The van der Waals surface area contributed by atoms with E-state index < -0.39 is 5.41 Å². The van der Waals surface area contributed by atoms with E-state index in [1.807, 2.05) is 54.6 Å². The number of rotatable bonds is 4. The van der Waals surface area contributed by atoms with E-state index in [9.17, 15) is 9.59 Å². The summed E-state index contributed by atoms with van der Waals surface area (Å²) < 4.78 is 0. The van der Waals surface area contributed by atoms with Crippen molar-refractivity contribution in [2.45, 2.75) is 39.0 Å². The van der Waals surface area contributed by atoms with Crippen molar-refractivity contribution in [1.29, 1.82) is 0 Å². The zero-order chi connectivity index (χ0) is 20.6. The van der Waals surface area contributed by atoms with Crippen molar-refractivity contribution in [2.24, 2.45) is 5.41 Å². The number of amides is 2. The highest BCUT2D eigenvalue weighted by Gasteiger charge is 2.56. The lowest BCUT2D eigenvalue weighted by Crippen LogP contribution is -2.36. The van der Waals surface area contributed by atoms with Crippen LogP contribution in [0.3, 0.4) is 0 Å². The van der Waals surface area contributed by atoms with Gasteiger partial charge < -0.3 is 10.6 Å². The molecular weight excluding hydrogens is 362 g/mol. The number of fused-ring (bicyclic) bond motifs is 1. The molecule has 2 N–H and O–H groups in total. The Morgan fingerprint density at radius 1 is 0.862 bits per heavy atom. The van der Waals surface area contributed by atoms with Gasteiger partial charge in [-0.2, -0.15) is 0 Å². The quantitative estimate of drug-likeness (QED) is 0.626. The smallest absolute Gasteiger partial charge is 0.240 e. The van der Waals surface area contributed by atoms with Crippen LogP contribution in [-0.2, 0) is 15.0 Å². The van der Waals surface area contributed by atoms with Gasteiger partial charge in [0.1, 0.15) is 5.41 Å². The number of hydrogen-bond donors (Lipinski definition) is 2. The van der Waals surface area contributed by atoms with Crippen LogP contribution in [0.5, 0.6) is 0 Å². The molecule has 0 unspecified atom stereocenters. The van der Waals surface area contributed by atoms with Crippen LogP contribution in [-0.4, -0.2) is 16.8 Å². The molecule has 5 heteroatoms. The number of pyridine rings is 1. The fraction of sp³-hybridized carbons (Fsp3) is 0.292. The summed E-state index contributed by atoms with van der Waals surface area (Å²) in [6.45, 7) is 6.31. The van der Waals surface area contributed by atoms with E-state index in [1.165, 1.54) is 0 Å². The predicted molar refractivity (Wildman–Crippen MR) is 116 cm³/mol. The molecule has 0 radical (unpaired) electrons. The lowest BCUT2D eigenvalue weighted by molar-refractivity contribution is -0.131. The van der Waals surface area contributed by atoms with Crippen LogP contribution in [0.1, 0.15) is 39.2 Å². The van der Waals surface area contributed by atoms with E-state index in [-0.39, 0.29) is 17.2 Å². The van der Waals surface area contributed by atoms with Gasteiger partial charge in [0.15, 0.2) is 0 Å². The fourth-order valence-corrected chi connectivity index (χ4v) is 3.62. The van der Waals surface area contributed by atoms with Crippen molar-refractivity contribution in [3.05, 3.63) is 66.4 Å². The van der Waals surface area contributed by atoms with Crippen molar-refractivity contribution < 1.29 is 9.59 Å². The second-order valence-electron chi connectivity index (χ2n) is 8.67. The van der Waals surface area contributed by atoms with Crippen LogP contribution >= 0.6 is 0 Å². The number of nitrogens with one attached hydrogen (secondary N) is 2. The van der Waals surface area contributed by atoms with E-state index in [1.54, 1.807) is 6.20 Å². The zero-order valence-corrected chi connectivity index (χ0v) is 17.0. The molecule has 0 atom stereocenters. The van der Waals surface area contributed by atoms with E-state index >= 15 is 0 Å². The highest BCUT2D eigenvalue weighted by molar-refractivity contribution is 6.18. The largest absolute Gasteiger partial charge is 0.325 e. The molecule has 1 aliphatic carbocycles. The second kappa shape index (κ2) is 6.99. The minimum atomic E-state index is -1.03. The summed E-state index contributed by atoms with van der Waals surface area (Å²) in [6, 6.07) is 17.2. The molecule has 1 saturated carbocycles. The van der Waals surface area contributed by atoms with Crippen LogP contribution in [0.2, 0.25) is 0 Å². The van der Waals surface area contributed by atoms with Crippen molar-refractivity contribution in [3.63, 3.8) is 0 Å². The maximum atomic E-state index is 13.1. The number of benzene rings is 2. The maximum Gasteiger partial charge on any atom is 0.240 e. The number of carbonyl (C=O) groups is 2. The molecule has 148 valence electrons. The Bertz CT molecular complexity index is 1090. The Labute approximate surface area is 170 Å². The third-order valence-corrected chi connectivity index (χ3v) is 5.48.